The van der Waals surface area contributed by atoms with E-state index in [1.54, 1.807) is 0 Å². The molecule has 0 saturated carbocycles. The van der Waals surface area contributed by atoms with Crippen molar-refractivity contribution < 1.29 is 8.63 Å². The van der Waals surface area contributed by atoms with E-state index in [1.807, 2.05) is 32.9 Å². The highest BCUT2D eigenvalue weighted by atomic mass is 79.9. The summed E-state index contributed by atoms with van der Waals surface area (Å²) in [6.45, 7) is 15.2. The van der Waals surface area contributed by atoms with Crippen LogP contribution in [0, 0.1) is 0 Å². The fourth-order valence-electron chi connectivity index (χ4n) is 4.38. The van der Waals surface area contributed by atoms with Crippen LogP contribution in [0.3, 0.4) is 0 Å². The Kier molecular flexibility index (Phi) is 8.65. The fraction of sp³-hybridized carbons (Fsp3) is 0.379. The van der Waals surface area contributed by atoms with Crippen LogP contribution >= 0.6 is 15.9 Å². The number of hydrogen-bond donors (Lipinski definition) is 1. The SMILES string of the molecule is CC(C)(C)[S@](=O)N[C@@](C)(CO[Si](c1ccccc1)(c1ccccc1)C(C)(C)C)c1cccc(Br)c1. The van der Waals surface area contributed by atoms with Crippen molar-refractivity contribution in [2.75, 3.05) is 6.61 Å². The Labute approximate surface area is 223 Å². The summed E-state index contributed by atoms with van der Waals surface area (Å²) in [6, 6.07) is 29.4. The first-order chi connectivity index (χ1) is 16.3. The lowest BCUT2D eigenvalue weighted by atomic mass is 9.94. The first-order valence-corrected chi connectivity index (χ1v) is 15.9. The van der Waals surface area contributed by atoms with Gasteiger partial charge in [0.2, 0.25) is 0 Å². The van der Waals surface area contributed by atoms with Gasteiger partial charge < -0.3 is 4.43 Å². The van der Waals surface area contributed by atoms with E-state index < -0.39 is 29.6 Å². The van der Waals surface area contributed by atoms with Crippen LogP contribution in [0.1, 0.15) is 54.0 Å². The van der Waals surface area contributed by atoms with Crippen molar-refractivity contribution in [1.29, 1.82) is 0 Å². The molecule has 0 aliphatic carbocycles. The van der Waals surface area contributed by atoms with Crippen molar-refractivity contribution in [2.24, 2.45) is 0 Å². The van der Waals surface area contributed by atoms with Crippen LogP contribution in [-0.2, 0) is 21.0 Å². The Morgan fingerprint density at radius 3 is 1.74 bits per heavy atom. The Bertz CT molecular complexity index is 1100. The quantitative estimate of drug-likeness (QED) is 0.322. The molecule has 0 aromatic heterocycles. The van der Waals surface area contributed by atoms with Crippen LogP contribution in [0.25, 0.3) is 0 Å². The van der Waals surface area contributed by atoms with Gasteiger partial charge in [-0.2, -0.15) is 0 Å². The molecule has 188 valence electrons. The van der Waals surface area contributed by atoms with Crippen molar-refractivity contribution >= 4 is 45.6 Å². The van der Waals surface area contributed by atoms with E-state index in [-0.39, 0.29) is 5.04 Å². The molecular weight excluding hydrogens is 534 g/mol. The van der Waals surface area contributed by atoms with Gasteiger partial charge in [0.25, 0.3) is 8.32 Å². The summed E-state index contributed by atoms with van der Waals surface area (Å²) < 4.78 is 24.6. The van der Waals surface area contributed by atoms with Gasteiger partial charge in [-0.05, 0) is 60.8 Å². The second-order valence-corrected chi connectivity index (χ2v) is 18.5. The number of nitrogens with one attached hydrogen (secondary N) is 1. The predicted molar refractivity (Wildman–Crippen MR) is 156 cm³/mol. The third-order valence-electron chi connectivity index (χ3n) is 6.33. The summed E-state index contributed by atoms with van der Waals surface area (Å²) in [4.78, 5) is 0. The minimum atomic E-state index is -2.75. The standard InChI is InChI=1S/C29H38BrNO2SSi/c1-27(2,3)34(32)31-29(7,23-15-14-16-24(30)21-23)22-33-35(28(4,5)6,25-17-10-8-11-18-25)26-19-12-9-13-20-26/h8-21,31H,22H2,1-7H3/t29-,34-/m0/s1. The van der Waals surface area contributed by atoms with E-state index in [9.17, 15) is 4.21 Å². The molecule has 3 aromatic rings. The number of hydrogen-bond acceptors (Lipinski definition) is 2. The minimum absolute atomic E-state index is 0.142. The first kappa shape index (κ1) is 28.0. The van der Waals surface area contributed by atoms with Gasteiger partial charge in [0, 0.05) is 4.47 Å². The summed E-state index contributed by atoms with van der Waals surface area (Å²) in [6.07, 6.45) is 0. The minimum Gasteiger partial charge on any atom is -0.405 e. The van der Waals surface area contributed by atoms with Gasteiger partial charge >= 0.3 is 0 Å². The molecule has 0 bridgehead atoms. The summed E-state index contributed by atoms with van der Waals surface area (Å²) in [5, 5.41) is 2.32. The monoisotopic (exact) mass is 571 g/mol. The first-order valence-electron chi connectivity index (χ1n) is 12.0. The number of benzene rings is 3. The number of halogens is 1. The van der Waals surface area contributed by atoms with Crippen molar-refractivity contribution in [3.8, 4) is 0 Å². The van der Waals surface area contributed by atoms with Crippen molar-refractivity contribution in [2.45, 2.75) is 63.8 Å². The van der Waals surface area contributed by atoms with Gasteiger partial charge in [-0.25, -0.2) is 8.93 Å². The lowest BCUT2D eigenvalue weighted by molar-refractivity contribution is 0.206. The molecule has 0 radical (unpaired) electrons. The van der Waals surface area contributed by atoms with Gasteiger partial charge in [-0.3, -0.25) is 0 Å². The molecule has 6 heteroatoms. The summed E-state index contributed by atoms with van der Waals surface area (Å²) in [5.41, 5.74) is 0.358. The zero-order valence-corrected chi connectivity index (χ0v) is 25.3. The summed E-state index contributed by atoms with van der Waals surface area (Å²) in [7, 11) is -4.04. The number of rotatable bonds is 8. The van der Waals surface area contributed by atoms with Gasteiger partial charge in [0.15, 0.2) is 0 Å². The van der Waals surface area contributed by atoms with E-state index in [0.717, 1.165) is 10.0 Å². The summed E-state index contributed by atoms with van der Waals surface area (Å²) in [5.74, 6) is 0. The van der Waals surface area contributed by atoms with Gasteiger partial charge in [-0.15, -0.1) is 0 Å². The molecule has 2 atom stereocenters. The molecule has 0 unspecified atom stereocenters. The van der Waals surface area contributed by atoms with E-state index in [1.165, 1.54) is 10.4 Å². The third kappa shape index (κ3) is 6.23. The van der Waals surface area contributed by atoms with E-state index in [4.69, 9.17) is 4.43 Å². The highest BCUT2D eigenvalue weighted by Gasteiger charge is 2.51. The molecule has 3 aromatic carbocycles. The van der Waals surface area contributed by atoms with Crippen molar-refractivity contribution in [3.05, 3.63) is 95.0 Å². The average Bonchev–Trinajstić information content (AvgIpc) is 2.79. The van der Waals surface area contributed by atoms with Gasteiger partial charge in [-0.1, -0.05) is 109 Å². The maximum atomic E-state index is 13.3. The molecule has 0 saturated heterocycles. The smallest absolute Gasteiger partial charge is 0.261 e. The van der Waals surface area contributed by atoms with Crippen LogP contribution in [-0.4, -0.2) is 23.9 Å². The average molecular weight is 573 g/mol. The molecule has 0 fully saturated rings. The van der Waals surface area contributed by atoms with Crippen LogP contribution < -0.4 is 15.1 Å². The molecule has 0 aliphatic rings. The fourth-order valence-corrected chi connectivity index (χ4v) is 10.3. The maximum absolute atomic E-state index is 13.3. The lowest BCUT2D eigenvalue weighted by Crippen LogP contribution is -2.68. The highest BCUT2D eigenvalue weighted by molar-refractivity contribution is 9.10. The molecule has 0 spiro atoms. The third-order valence-corrected chi connectivity index (χ3v) is 13.6. The Morgan fingerprint density at radius 2 is 1.31 bits per heavy atom. The zero-order valence-electron chi connectivity index (χ0n) is 21.9. The molecule has 0 aliphatic heterocycles. The molecule has 0 amide bonds. The Morgan fingerprint density at radius 1 is 0.800 bits per heavy atom. The summed E-state index contributed by atoms with van der Waals surface area (Å²) >= 11 is 3.62. The second-order valence-electron chi connectivity index (χ2n) is 11.3. The predicted octanol–water partition coefficient (Wildman–Crippen LogP) is 6.29. The largest absolute Gasteiger partial charge is 0.405 e. The van der Waals surface area contributed by atoms with E-state index >= 15 is 0 Å². The molecule has 3 nitrogen and oxygen atoms in total. The van der Waals surface area contributed by atoms with Crippen LogP contribution in [0.2, 0.25) is 5.04 Å². The van der Waals surface area contributed by atoms with Crippen molar-refractivity contribution in [1.82, 2.24) is 4.72 Å². The van der Waals surface area contributed by atoms with Crippen LogP contribution in [0.15, 0.2) is 89.4 Å². The molecule has 35 heavy (non-hydrogen) atoms. The Balaban J connectivity index is 2.16. The topological polar surface area (TPSA) is 38.3 Å². The molecule has 1 N–H and O–H groups in total. The lowest BCUT2D eigenvalue weighted by Gasteiger charge is -2.45. The molecular formula is C29H38BrNO2SSi. The normalized spacial score (nSPS) is 15.4. The molecule has 0 heterocycles. The Hall–Kier alpha value is -1.57. The zero-order chi connectivity index (χ0) is 25.9. The maximum Gasteiger partial charge on any atom is 0.261 e. The van der Waals surface area contributed by atoms with Gasteiger partial charge in [0.1, 0.15) is 0 Å². The van der Waals surface area contributed by atoms with Crippen LogP contribution in [0.4, 0.5) is 0 Å². The van der Waals surface area contributed by atoms with E-state index in [2.05, 4.69) is 121 Å². The van der Waals surface area contributed by atoms with Crippen LogP contribution in [0.5, 0.6) is 0 Å². The van der Waals surface area contributed by atoms with E-state index in [0.29, 0.717) is 6.61 Å². The van der Waals surface area contributed by atoms with Crippen molar-refractivity contribution in [3.63, 3.8) is 0 Å². The highest BCUT2D eigenvalue weighted by Crippen LogP contribution is 2.38. The molecule has 3 rings (SSSR count). The second kappa shape index (κ2) is 10.8. The van der Waals surface area contributed by atoms with Gasteiger partial charge in [0.05, 0.1) is 27.9 Å².